The predicted molar refractivity (Wildman–Crippen MR) is 173 cm³/mol. The number of aryl methyl sites for hydroxylation is 2. The van der Waals surface area contributed by atoms with Crippen molar-refractivity contribution < 1.29 is 28.6 Å². The Morgan fingerprint density at radius 2 is 1.68 bits per heavy atom. The molecule has 4 aromatic rings. The van der Waals surface area contributed by atoms with Crippen LogP contribution in [-0.2, 0) is 39.0 Å². The van der Waals surface area contributed by atoms with Gasteiger partial charge in [-0.15, -0.1) is 0 Å². The third-order valence-electron chi connectivity index (χ3n) is 7.92. The quantitative estimate of drug-likeness (QED) is 0.187. The first-order chi connectivity index (χ1) is 22.6. The van der Waals surface area contributed by atoms with Crippen molar-refractivity contribution in [2.24, 2.45) is 7.05 Å². The number of nitrogens with one attached hydrogen (secondary N) is 1. The van der Waals surface area contributed by atoms with Crippen LogP contribution in [0.3, 0.4) is 0 Å². The van der Waals surface area contributed by atoms with Crippen molar-refractivity contribution in [3.05, 3.63) is 90.7 Å². The molecule has 47 heavy (non-hydrogen) atoms. The summed E-state index contributed by atoms with van der Waals surface area (Å²) in [6, 6.07) is 9.55. The first-order valence-corrected chi connectivity index (χ1v) is 15.9. The van der Waals surface area contributed by atoms with Crippen molar-refractivity contribution in [3.8, 4) is 5.69 Å². The van der Waals surface area contributed by atoms with Crippen LogP contribution >= 0.6 is 23.2 Å². The summed E-state index contributed by atoms with van der Waals surface area (Å²) in [5.41, 5.74) is 0.215. The maximum Gasteiger partial charge on any atom is 0.511 e. The highest BCUT2D eigenvalue weighted by molar-refractivity contribution is 6.39. The molecular weight excluding hydrogens is 653 g/mol. The fourth-order valence-electron chi connectivity index (χ4n) is 5.39. The number of benzene rings is 2. The zero-order valence-electron chi connectivity index (χ0n) is 25.7. The molecule has 2 aromatic heterocycles. The van der Waals surface area contributed by atoms with E-state index in [-0.39, 0.29) is 39.3 Å². The van der Waals surface area contributed by atoms with Crippen LogP contribution in [-0.4, -0.2) is 55.9 Å². The molecule has 1 atom stereocenters. The summed E-state index contributed by atoms with van der Waals surface area (Å²) in [6.45, 7) is 1.66. The number of fused-ring (bicyclic) bond motifs is 1. The molecule has 2 aromatic carbocycles. The van der Waals surface area contributed by atoms with Gasteiger partial charge >= 0.3 is 17.8 Å². The molecule has 0 spiro atoms. The monoisotopic (exact) mass is 685 g/mol. The Labute approximate surface area is 278 Å². The number of hydrogen-bond donors (Lipinski definition) is 1. The molecule has 1 saturated carbocycles. The Kier molecular flexibility index (Phi) is 10.7. The van der Waals surface area contributed by atoms with E-state index in [1.54, 1.807) is 48.3 Å². The number of carbonyl (C=O) groups excluding carboxylic acids is 3. The summed E-state index contributed by atoms with van der Waals surface area (Å²) in [5, 5.41) is 7.05. The van der Waals surface area contributed by atoms with E-state index in [1.807, 2.05) is 6.92 Å². The van der Waals surface area contributed by atoms with Crippen molar-refractivity contribution in [1.82, 2.24) is 24.2 Å². The maximum absolute atomic E-state index is 13.3. The molecule has 0 saturated heterocycles. The number of carbonyl (C=O) groups is 3. The summed E-state index contributed by atoms with van der Waals surface area (Å²) in [6.07, 6.45) is 4.85. The molecule has 1 fully saturated rings. The Hall–Kier alpha value is -4.62. The van der Waals surface area contributed by atoms with Crippen LogP contribution in [0.25, 0.3) is 16.7 Å². The minimum Gasteiger partial charge on any atom is -0.431 e. The van der Waals surface area contributed by atoms with Crippen molar-refractivity contribution in [2.45, 2.75) is 64.1 Å². The molecule has 0 bridgehead atoms. The molecule has 0 aliphatic heterocycles. The molecule has 13 nitrogen and oxygen atoms in total. The van der Waals surface area contributed by atoms with Gasteiger partial charge in [0.25, 0.3) is 11.5 Å². The lowest BCUT2D eigenvalue weighted by Crippen LogP contribution is -2.44. The highest BCUT2D eigenvalue weighted by Crippen LogP contribution is 2.25. The second kappa shape index (κ2) is 14.9. The molecule has 15 heteroatoms. The van der Waals surface area contributed by atoms with Gasteiger partial charge in [-0.05, 0) is 62.4 Å². The predicted octanol–water partition coefficient (Wildman–Crippen LogP) is 4.54. The van der Waals surface area contributed by atoms with E-state index >= 15 is 0 Å². The molecular formula is C32H33Cl2N5O8. The second-order valence-corrected chi connectivity index (χ2v) is 11.9. The normalized spacial score (nSPS) is 14.0. The van der Waals surface area contributed by atoms with Crippen LogP contribution in [0.4, 0.5) is 4.79 Å². The average Bonchev–Trinajstić information content (AvgIpc) is 3.50. The summed E-state index contributed by atoms with van der Waals surface area (Å²) in [5.74, 6) is -1.63. The van der Waals surface area contributed by atoms with Gasteiger partial charge < -0.3 is 19.5 Å². The van der Waals surface area contributed by atoms with Gasteiger partial charge in [-0.1, -0.05) is 47.8 Å². The lowest BCUT2D eigenvalue weighted by atomic mass is 9.98. The van der Waals surface area contributed by atoms with E-state index in [0.29, 0.717) is 17.6 Å². The van der Waals surface area contributed by atoms with Gasteiger partial charge in [-0.3, -0.25) is 18.8 Å². The van der Waals surface area contributed by atoms with Gasteiger partial charge in [0.15, 0.2) is 5.52 Å². The summed E-state index contributed by atoms with van der Waals surface area (Å²) in [4.78, 5) is 64.9. The number of nitrogens with zero attached hydrogens (tertiary/aromatic N) is 4. The molecule has 248 valence electrons. The van der Waals surface area contributed by atoms with E-state index in [4.69, 9.17) is 37.4 Å². The van der Waals surface area contributed by atoms with Crippen LogP contribution in [0.1, 0.15) is 54.9 Å². The van der Waals surface area contributed by atoms with Gasteiger partial charge in [0.1, 0.15) is 12.1 Å². The van der Waals surface area contributed by atoms with Gasteiger partial charge in [0.2, 0.25) is 6.79 Å². The van der Waals surface area contributed by atoms with Crippen LogP contribution in [0.2, 0.25) is 10.0 Å². The average molecular weight is 687 g/mol. The standard InChI is InChI=1S/C32H33Cl2N5O8/c1-3-38-17-25-27(36-38)29(41)39(31(43)37(25)2)20-14-12-19(13-15-20)16-24(35-28(40)26-22(33)10-7-11-23(26)34)30(42)45-18-46-32(44)47-21-8-5-4-6-9-21/h7,10-15,17,21,24H,3-6,8-9,16,18H2,1-2H3,(H,35,40)/t24-/m0/s1. The molecule has 1 amide bonds. The van der Waals surface area contributed by atoms with Crippen LogP contribution in [0.5, 0.6) is 0 Å². The van der Waals surface area contributed by atoms with Crippen molar-refractivity contribution in [1.29, 1.82) is 0 Å². The summed E-state index contributed by atoms with van der Waals surface area (Å²) >= 11 is 12.4. The molecule has 5 rings (SSSR count). The van der Waals surface area contributed by atoms with Crippen LogP contribution in [0.15, 0.2) is 58.3 Å². The number of esters is 1. The van der Waals surface area contributed by atoms with E-state index in [0.717, 1.165) is 36.7 Å². The zero-order chi connectivity index (χ0) is 33.7. The largest absolute Gasteiger partial charge is 0.511 e. The Morgan fingerprint density at radius 1 is 1.00 bits per heavy atom. The van der Waals surface area contributed by atoms with E-state index < -0.39 is 42.1 Å². The molecule has 0 unspecified atom stereocenters. The van der Waals surface area contributed by atoms with E-state index in [2.05, 4.69) is 10.4 Å². The third kappa shape index (κ3) is 7.68. The number of rotatable bonds is 10. The van der Waals surface area contributed by atoms with Gasteiger partial charge in [-0.25, -0.2) is 19.0 Å². The van der Waals surface area contributed by atoms with Crippen molar-refractivity contribution in [3.63, 3.8) is 0 Å². The van der Waals surface area contributed by atoms with Crippen molar-refractivity contribution in [2.75, 3.05) is 6.79 Å². The first kappa shape index (κ1) is 33.7. The second-order valence-electron chi connectivity index (χ2n) is 11.0. The zero-order valence-corrected chi connectivity index (χ0v) is 27.3. The SMILES string of the molecule is CCn1cc2c(n1)c(=O)n(-c1ccc(C[C@H](NC(=O)c3c(Cl)cccc3Cl)C(=O)OCOC(=O)OC3CCCCC3)cc1)c(=O)n2C. The topological polar surface area (TPSA) is 153 Å². The summed E-state index contributed by atoms with van der Waals surface area (Å²) in [7, 11) is 1.56. The Bertz CT molecular complexity index is 1890. The molecule has 2 heterocycles. The van der Waals surface area contributed by atoms with E-state index in [9.17, 15) is 24.0 Å². The van der Waals surface area contributed by atoms with Crippen molar-refractivity contribution >= 4 is 52.3 Å². The van der Waals surface area contributed by atoms with Crippen LogP contribution in [0, 0.1) is 0 Å². The first-order valence-electron chi connectivity index (χ1n) is 15.1. The third-order valence-corrected chi connectivity index (χ3v) is 8.55. The highest BCUT2D eigenvalue weighted by atomic mass is 35.5. The van der Waals surface area contributed by atoms with Crippen LogP contribution < -0.4 is 16.6 Å². The van der Waals surface area contributed by atoms with Gasteiger partial charge in [0.05, 0.1) is 26.8 Å². The lowest BCUT2D eigenvalue weighted by molar-refractivity contribution is -0.156. The molecule has 1 aliphatic rings. The maximum atomic E-state index is 13.3. The van der Waals surface area contributed by atoms with E-state index in [1.165, 1.54) is 16.7 Å². The fraction of sp³-hybridized carbons (Fsp3) is 0.375. The number of hydrogen-bond acceptors (Lipinski definition) is 9. The Morgan fingerprint density at radius 3 is 2.34 bits per heavy atom. The minimum absolute atomic E-state index is 0.0348. The highest BCUT2D eigenvalue weighted by Gasteiger charge is 2.27. The number of ether oxygens (including phenoxy) is 3. The fourth-order valence-corrected chi connectivity index (χ4v) is 5.96. The number of amides is 1. The van der Waals surface area contributed by atoms with Gasteiger partial charge in [0, 0.05) is 26.2 Å². The number of halogens is 2. The minimum atomic E-state index is -1.27. The molecule has 1 N–H and O–H groups in total. The lowest BCUT2D eigenvalue weighted by Gasteiger charge is -2.21. The Balaban J connectivity index is 1.34. The smallest absolute Gasteiger partial charge is 0.431 e. The number of aromatic nitrogens is 4. The molecule has 0 radical (unpaired) electrons. The molecule has 1 aliphatic carbocycles. The van der Waals surface area contributed by atoms with Gasteiger partial charge in [-0.2, -0.15) is 5.10 Å². The summed E-state index contributed by atoms with van der Waals surface area (Å²) < 4.78 is 19.3.